The summed E-state index contributed by atoms with van der Waals surface area (Å²) in [6.07, 6.45) is -2.50. The molecule has 21 heavy (non-hydrogen) atoms. The monoisotopic (exact) mass is 292 g/mol. The topological polar surface area (TPSA) is 55.2 Å². The summed E-state index contributed by atoms with van der Waals surface area (Å²) in [5, 5.41) is 13.9. The molecular formula is C15H14F2N2O2. The summed E-state index contributed by atoms with van der Waals surface area (Å²) in [5.74, 6) is 0. The summed E-state index contributed by atoms with van der Waals surface area (Å²) < 4.78 is 24.9. The number of nitro benzene ring substituents is 1. The first-order valence-corrected chi connectivity index (χ1v) is 6.33. The van der Waals surface area contributed by atoms with Crippen molar-refractivity contribution in [1.82, 2.24) is 0 Å². The number of nitrogens with zero attached hydrogens (tertiary/aromatic N) is 1. The molecule has 0 bridgehead atoms. The fourth-order valence-electron chi connectivity index (χ4n) is 1.93. The van der Waals surface area contributed by atoms with E-state index in [1.807, 2.05) is 6.92 Å². The number of anilines is 1. The standard InChI is InChI=1S/C15H14F2N2O2/c1-10-2-7-14(19(20)21)13(8-10)18-9-11-3-5-12(6-4-11)15(16)17/h2-8,15,18H,9H2,1H3. The molecule has 0 unspecified atom stereocenters. The van der Waals surface area contributed by atoms with Crippen molar-refractivity contribution in [3.8, 4) is 0 Å². The summed E-state index contributed by atoms with van der Waals surface area (Å²) in [6.45, 7) is 2.17. The molecule has 0 saturated heterocycles. The van der Waals surface area contributed by atoms with Crippen molar-refractivity contribution < 1.29 is 13.7 Å². The number of hydrogen-bond acceptors (Lipinski definition) is 3. The van der Waals surface area contributed by atoms with E-state index in [2.05, 4.69) is 5.32 Å². The van der Waals surface area contributed by atoms with Crippen LogP contribution in [0.5, 0.6) is 0 Å². The molecule has 0 fully saturated rings. The summed E-state index contributed by atoms with van der Waals surface area (Å²) in [5.41, 5.74) is 2.04. The largest absolute Gasteiger partial charge is 0.375 e. The number of benzene rings is 2. The van der Waals surface area contributed by atoms with Crippen molar-refractivity contribution >= 4 is 11.4 Å². The maximum absolute atomic E-state index is 12.4. The van der Waals surface area contributed by atoms with E-state index in [1.165, 1.54) is 18.2 Å². The highest BCUT2D eigenvalue weighted by Crippen LogP contribution is 2.26. The second kappa shape index (κ2) is 6.30. The highest BCUT2D eigenvalue weighted by atomic mass is 19.3. The molecule has 0 radical (unpaired) electrons. The Hall–Kier alpha value is -2.50. The molecule has 110 valence electrons. The predicted octanol–water partition coefficient (Wildman–Crippen LogP) is 4.45. The van der Waals surface area contributed by atoms with Gasteiger partial charge in [-0.15, -0.1) is 0 Å². The molecular weight excluding hydrogens is 278 g/mol. The van der Waals surface area contributed by atoms with Crippen molar-refractivity contribution in [1.29, 1.82) is 0 Å². The zero-order valence-electron chi connectivity index (χ0n) is 11.3. The smallest absolute Gasteiger partial charge is 0.292 e. The van der Waals surface area contributed by atoms with Gasteiger partial charge in [-0.3, -0.25) is 10.1 Å². The number of nitrogens with one attached hydrogen (secondary N) is 1. The molecule has 0 atom stereocenters. The van der Waals surface area contributed by atoms with E-state index in [0.717, 1.165) is 11.1 Å². The Morgan fingerprint density at radius 2 is 1.86 bits per heavy atom. The van der Waals surface area contributed by atoms with Crippen molar-refractivity contribution in [2.75, 3.05) is 5.32 Å². The van der Waals surface area contributed by atoms with E-state index in [4.69, 9.17) is 0 Å². The Kier molecular flexibility index (Phi) is 4.47. The van der Waals surface area contributed by atoms with E-state index in [-0.39, 0.29) is 11.3 Å². The molecule has 1 N–H and O–H groups in total. The molecule has 6 heteroatoms. The summed E-state index contributed by atoms with van der Waals surface area (Å²) >= 11 is 0. The van der Waals surface area contributed by atoms with E-state index < -0.39 is 11.3 Å². The lowest BCUT2D eigenvalue weighted by Gasteiger charge is -2.09. The number of halogens is 2. The van der Waals surface area contributed by atoms with Crippen LogP contribution >= 0.6 is 0 Å². The van der Waals surface area contributed by atoms with Gasteiger partial charge in [0.05, 0.1) is 4.92 Å². The van der Waals surface area contributed by atoms with Crippen LogP contribution in [0.1, 0.15) is 23.1 Å². The molecule has 0 heterocycles. The van der Waals surface area contributed by atoms with Gasteiger partial charge in [0, 0.05) is 18.2 Å². The Morgan fingerprint density at radius 1 is 1.19 bits per heavy atom. The first-order valence-electron chi connectivity index (χ1n) is 6.33. The lowest BCUT2D eigenvalue weighted by Crippen LogP contribution is -2.03. The Balaban J connectivity index is 2.12. The zero-order chi connectivity index (χ0) is 15.4. The molecule has 0 aliphatic carbocycles. The average molecular weight is 292 g/mol. The van der Waals surface area contributed by atoms with Crippen molar-refractivity contribution in [2.45, 2.75) is 19.9 Å². The third-order valence-corrected chi connectivity index (χ3v) is 3.06. The lowest BCUT2D eigenvalue weighted by atomic mass is 10.1. The second-order valence-corrected chi connectivity index (χ2v) is 4.67. The third-order valence-electron chi connectivity index (χ3n) is 3.06. The molecule has 0 aromatic heterocycles. The molecule has 0 aliphatic rings. The molecule has 0 saturated carbocycles. The zero-order valence-corrected chi connectivity index (χ0v) is 11.3. The van der Waals surface area contributed by atoms with Crippen LogP contribution in [0, 0.1) is 17.0 Å². The van der Waals surface area contributed by atoms with Crippen molar-refractivity contribution in [3.63, 3.8) is 0 Å². The SMILES string of the molecule is Cc1ccc([N+](=O)[O-])c(NCc2ccc(C(F)F)cc2)c1. The van der Waals surface area contributed by atoms with Gasteiger partial charge in [0.2, 0.25) is 0 Å². The van der Waals surface area contributed by atoms with Gasteiger partial charge in [-0.05, 0) is 24.1 Å². The molecule has 0 amide bonds. The molecule has 2 aromatic carbocycles. The Morgan fingerprint density at radius 3 is 2.43 bits per heavy atom. The minimum atomic E-state index is -2.50. The maximum atomic E-state index is 12.4. The van der Waals surface area contributed by atoms with Gasteiger partial charge >= 0.3 is 0 Å². The molecule has 4 nitrogen and oxygen atoms in total. The minimum absolute atomic E-state index is 0.00944. The number of rotatable bonds is 5. The fourth-order valence-corrected chi connectivity index (χ4v) is 1.93. The quantitative estimate of drug-likeness (QED) is 0.654. The highest BCUT2D eigenvalue weighted by Gasteiger charge is 2.13. The van der Waals surface area contributed by atoms with E-state index >= 15 is 0 Å². The van der Waals surface area contributed by atoms with Gasteiger partial charge in [-0.2, -0.15) is 0 Å². The fraction of sp³-hybridized carbons (Fsp3) is 0.200. The van der Waals surface area contributed by atoms with Gasteiger partial charge in [0.1, 0.15) is 5.69 Å². The second-order valence-electron chi connectivity index (χ2n) is 4.67. The van der Waals surface area contributed by atoms with Crippen LogP contribution in [0.2, 0.25) is 0 Å². The molecule has 2 aromatic rings. The normalized spacial score (nSPS) is 10.7. The molecule has 2 rings (SSSR count). The molecule has 0 aliphatic heterocycles. The lowest BCUT2D eigenvalue weighted by molar-refractivity contribution is -0.384. The van der Waals surface area contributed by atoms with Crippen molar-refractivity contribution in [3.05, 3.63) is 69.3 Å². The van der Waals surface area contributed by atoms with Crippen LogP contribution in [0.25, 0.3) is 0 Å². The van der Waals surface area contributed by atoms with Crippen LogP contribution in [-0.4, -0.2) is 4.92 Å². The summed E-state index contributed by atoms with van der Waals surface area (Å²) in [6, 6.07) is 10.7. The maximum Gasteiger partial charge on any atom is 0.292 e. The number of nitro groups is 1. The average Bonchev–Trinajstić information content (AvgIpc) is 2.45. The first-order chi connectivity index (χ1) is 9.97. The van der Waals surface area contributed by atoms with Crippen LogP contribution in [0.4, 0.5) is 20.2 Å². The number of aryl methyl sites for hydroxylation is 1. The van der Waals surface area contributed by atoms with Gasteiger partial charge in [0.15, 0.2) is 0 Å². The van der Waals surface area contributed by atoms with Crippen LogP contribution < -0.4 is 5.32 Å². The Labute approximate surface area is 120 Å². The molecule has 0 spiro atoms. The first kappa shape index (κ1) is 14.9. The van der Waals surface area contributed by atoms with E-state index in [9.17, 15) is 18.9 Å². The minimum Gasteiger partial charge on any atom is -0.375 e. The van der Waals surface area contributed by atoms with Crippen LogP contribution in [0.15, 0.2) is 42.5 Å². The van der Waals surface area contributed by atoms with Gasteiger partial charge in [-0.25, -0.2) is 8.78 Å². The Bertz CT molecular complexity index is 643. The third kappa shape index (κ3) is 3.75. The van der Waals surface area contributed by atoms with Crippen LogP contribution in [-0.2, 0) is 6.54 Å². The number of alkyl halides is 2. The predicted molar refractivity (Wildman–Crippen MR) is 76.6 cm³/mol. The summed E-state index contributed by atoms with van der Waals surface area (Å²) in [7, 11) is 0. The van der Waals surface area contributed by atoms with E-state index in [0.29, 0.717) is 12.2 Å². The highest BCUT2D eigenvalue weighted by molar-refractivity contribution is 5.62. The van der Waals surface area contributed by atoms with Gasteiger partial charge in [0.25, 0.3) is 12.1 Å². The van der Waals surface area contributed by atoms with Crippen LogP contribution in [0.3, 0.4) is 0 Å². The van der Waals surface area contributed by atoms with Gasteiger partial charge in [-0.1, -0.05) is 30.3 Å². The summed E-state index contributed by atoms with van der Waals surface area (Å²) in [4.78, 5) is 10.5. The van der Waals surface area contributed by atoms with Gasteiger partial charge < -0.3 is 5.32 Å². The van der Waals surface area contributed by atoms with Crippen molar-refractivity contribution in [2.24, 2.45) is 0 Å². The number of hydrogen-bond donors (Lipinski definition) is 1. The van der Waals surface area contributed by atoms with E-state index in [1.54, 1.807) is 24.3 Å².